The first-order valence-corrected chi connectivity index (χ1v) is 9.18. The van der Waals surface area contributed by atoms with Gasteiger partial charge in [0.05, 0.1) is 16.8 Å². The molecule has 0 radical (unpaired) electrons. The van der Waals surface area contributed by atoms with Gasteiger partial charge in [-0.15, -0.1) is 10.2 Å². The number of benzene rings is 3. The summed E-state index contributed by atoms with van der Waals surface area (Å²) in [7, 11) is 0. The Bertz CT molecular complexity index is 1320. The molecule has 5 rings (SSSR count). The zero-order valence-electron chi connectivity index (χ0n) is 15.4. The van der Waals surface area contributed by atoms with Gasteiger partial charge in [0.1, 0.15) is 0 Å². The minimum absolute atomic E-state index is 0.156. The van der Waals surface area contributed by atoms with Gasteiger partial charge < -0.3 is 9.40 Å². The molecule has 0 saturated carbocycles. The summed E-state index contributed by atoms with van der Waals surface area (Å²) in [5, 5.41) is 9.16. The number of halogens is 3. The van der Waals surface area contributed by atoms with Crippen LogP contribution in [0.4, 0.5) is 13.2 Å². The Balaban J connectivity index is 1.62. The van der Waals surface area contributed by atoms with Gasteiger partial charge in [-0.1, -0.05) is 48.5 Å². The lowest BCUT2D eigenvalue weighted by Crippen LogP contribution is -2.03. The maximum absolute atomic E-state index is 12.8. The molecule has 0 aliphatic rings. The Morgan fingerprint density at radius 2 is 1.37 bits per heavy atom. The molecule has 30 heavy (non-hydrogen) atoms. The highest BCUT2D eigenvalue weighted by molar-refractivity contribution is 6.01. The molecule has 0 saturated heterocycles. The Hall–Kier alpha value is -3.87. The van der Waals surface area contributed by atoms with E-state index in [4.69, 9.17) is 4.42 Å². The van der Waals surface area contributed by atoms with Crippen molar-refractivity contribution in [1.82, 2.24) is 15.2 Å². The Morgan fingerprint density at radius 1 is 0.700 bits per heavy atom. The molecule has 0 unspecified atom stereocenters. The topological polar surface area (TPSA) is 54.7 Å². The number of hydrogen-bond acceptors (Lipinski definition) is 3. The smallest absolute Gasteiger partial charge is 0.416 e. The number of para-hydroxylation sites is 1. The standard InChI is InChI=1S/C23H14F3N3O/c24-23(25,26)16-12-10-15(11-13-16)21-28-29-22(30-21)19-17-8-4-5-9-18(17)27-20(19)14-6-2-1-3-7-14/h1-13,27H. The van der Waals surface area contributed by atoms with E-state index in [-0.39, 0.29) is 5.89 Å². The van der Waals surface area contributed by atoms with E-state index in [1.807, 2.05) is 54.6 Å². The molecular formula is C23H14F3N3O. The maximum Gasteiger partial charge on any atom is 0.416 e. The molecule has 0 aliphatic carbocycles. The van der Waals surface area contributed by atoms with E-state index >= 15 is 0 Å². The van der Waals surface area contributed by atoms with Crippen LogP contribution < -0.4 is 0 Å². The fourth-order valence-corrected chi connectivity index (χ4v) is 3.43. The van der Waals surface area contributed by atoms with Crippen LogP contribution in [0.3, 0.4) is 0 Å². The summed E-state index contributed by atoms with van der Waals surface area (Å²) in [6.07, 6.45) is -4.40. The van der Waals surface area contributed by atoms with Crippen molar-refractivity contribution in [3.05, 3.63) is 84.4 Å². The van der Waals surface area contributed by atoms with Gasteiger partial charge in [-0.25, -0.2) is 0 Å². The van der Waals surface area contributed by atoms with E-state index in [1.165, 1.54) is 12.1 Å². The second-order valence-corrected chi connectivity index (χ2v) is 6.77. The lowest BCUT2D eigenvalue weighted by molar-refractivity contribution is -0.137. The van der Waals surface area contributed by atoms with Gasteiger partial charge in [0.2, 0.25) is 5.89 Å². The van der Waals surface area contributed by atoms with E-state index in [9.17, 15) is 13.2 Å². The molecule has 0 atom stereocenters. The monoisotopic (exact) mass is 405 g/mol. The van der Waals surface area contributed by atoms with Gasteiger partial charge in [0.15, 0.2) is 0 Å². The van der Waals surface area contributed by atoms with Crippen LogP contribution in [0.2, 0.25) is 0 Å². The predicted molar refractivity (Wildman–Crippen MR) is 107 cm³/mol. The van der Waals surface area contributed by atoms with Crippen molar-refractivity contribution >= 4 is 10.9 Å². The van der Waals surface area contributed by atoms with Crippen molar-refractivity contribution in [3.63, 3.8) is 0 Å². The molecule has 1 N–H and O–H groups in total. The fraction of sp³-hybridized carbons (Fsp3) is 0.0435. The van der Waals surface area contributed by atoms with E-state index in [1.54, 1.807) is 0 Å². The third kappa shape index (κ3) is 3.14. The van der Waals surface area contributed by atoms with E-state index in [2.05, 4.69) is 15.2 Å². The predicted octanol–water partition coefficient (Wildman–Crippen LogP) is 6.57. The highest BCUT2D eigenvalue weighted by atomic mass is 19.4. The Morgan fingerprint density at radius 3 is 2.10 bits per heavy atom. The van der Waals surface area contributed by atoms with Crippen molar-refractivity contribution in [1.29, 1.82) is 0 Å². The van der Waals surface area contributed by atoms with Crippen LogP contribution in [0.1, 0.15) is 5.56 Å². The SMILES string of the molecule is FC(F)(F)c1ccc(-c2nnc(-c3c(-c4ccccc4)[nH]c4ccccc34)o2)cc1. The van der Waals surface area contributed by atoms with Gasteiger partial charge in [0, 0.05) is 16.5 Å². The van der Waals surface area contributed by atoms with Crippen molar-refractivity contribution < 1.29 is 17.6 Å². The van der Waals surface area contributed by atoms with Crippen LogP contribution in [-0.2, 0) is 6.18 Å². The molecule has 2 heterocycles. The van der Waals surface area contributed by atoms with Crippen LogP contribution >= 0.6 is 0 Å². The molecular weight excluding hydrogens is 391 g/mol. The summed E-state index contributed by atoms with van der Waals surface area (Å²) in [5.41, 5.74) is 3.15. The summed E-state index contributed by atoms with van der Waals surface area (Å²) in [6, 6.07) is 22.2. The number of alkyl halides is 3. The van der Waals surface area contributed by atoms with Gasteiger partial charge in [-0.05, 0) is 35.9 Å². The normalized spacial score (nSPS) is 11.8. The molecule has 148 valence electrons. The number of hydrogen-bond donors (Lipinski definition) is 1. The van der Waals surface area contributed by atoms with Gasteiger partial charge in [-0.3, -0.25) is 0 Å². The first kappa shape index (κ1) is 18.2. The lowest BCUT2D eigenvalue weighted by atomic mass is 10.1. The van der Waals surface area contributed by atoms with Gasteiger partial charge in [-0.2, -0.15) is 13.2 Å². The highest BCUT2D eigenvalue weighted by Crippen LogP contribution is 2.38. The van der Waals surface area contributed by atoms with E-state index in [0.29, 0.717) is 11.5 Å². The number of nitrogens with one attached hydrogen (secondary N) is 1. The fourth-order valence-electron chi connectivity index (χ4n) is 3.43. The summed E-state index contributed by atoms with van der Waals surface area (Å²) in [4.78, 5) is 3.40. The van der Waals surface area contributed by atoms with Crippen molar-refractivity contribution in [3.8, 4) is 34.2 Å². The van der Waals surface area contributed by atoms with Crippen molar-refractivity contribution in [2.24, 2.45) is 0 Å². The Kier molecular flexibility index (Phi) is 4.17. The maximum atomic E-state index is 12.8. The highest BCUT2D eigenvalue weighted by Gasteiger charge is 2.30. The molecule has 0 spiro atoms. The molecule has 5 aromatic rings. The molecule has 7 heteroatoms. The zero-order valence-corrected chi connectivity index (χ0v) is 15.4. The summed E-state index contributed by atoms with van der Waals surface area (Å²) < 4.78 is 44.3. The van der Waals surface area contributed by atoms with E-state index in [0.717, 1.165) is 39.9 Å². The summed E-state index contributed by atoms with van der Waals surface area (Å²) >= 11 is 0. The minimum atomic E-state index is -4.40. The summed E-state index contributed by atoms with van der Waals surface area (Å²) in [6.45, 7) is 0. The number of H-pyrrole nitrogens is 1. The quantitative estimate of drug-likeness (QED) is 0.369. The lowest BCUT2D eigenvalue weighted by Gasteiger charge is -2.05. The molecule has 3 aromatic carbocycles. The van der Waals surface area contributed by atoms with Crippen LogP contribution in [0, 0.1) is 0 Å². The first-order chi connectivity index (χ1) is 14.5. The molecule has 4 nitrogen and oxygen atoms in total. The second kappa shape index (κ2) is 6.88. The number of nitrogens with zero attached hydrogens (tertiary/aromatic N) is 2. The molecule has 0 bridgehead atoms. The number of fused-ring (bicyclic) bond motifs is 1. The van der Waals surface area contributed by atoms with Crippen molar-refractivity contribution in [2.45, 2.75) is 6.18 Å². The molecule has 0 aliphatic heterocycles. The molecule has 0 fully saturated rings. The average molecular weight is 405 g/mol. The summed E-state index contributed by atoms with van der Waals surface area (Å²) in [5.74, 6) is 0.448. The van der Waals surface area contributed by atoms with Crippen LogP contribution in [0.5, 0.6) is 0 Å². The molecule has 2 aromatic heterocycles. The number of aromatic nitrogens is 3. The van der Waals surface area contributed by atoms with Crippen molar-refractivity contribution in [2.75, 3.05) is 0 Å². The van der Waals surface area contributed by atoms with Gasteiger partial charge >= 0.3 is 6.18 Å². The van der Waals surface area contributed by atoms with Crippen LogP contribution in [0.15, 0.2) is 83.3 Å². The minimum Gasteiger partial charge on any atom is -0.416 e. The van der Waals surface area contributed by atoms with E-state index < -0.39 is 11.7 Å². The first-order valence-electron chi connectivity index (χ1n) is 9.18. The second-order valence-electron chi connectivity index (χ2n) is 6.77. The number of rotatable bonds is 3. The Labute approximate surface area is 169 Å². The average Bonchev–Trinajstić information content (AvgIpc) is 3.38. The number of aromatic amines is 1. The third-order valence-electron chi connectivity index (χ3n) is 4.87. The zero-order chi connectivity index (χ0) is 20.7. The van der Waals surface area contributed by atoms with Crippen LogP contribution in [-0.4, -0.2) is 15.2 Å². The third-order valence-corrected chi connectivity index (χ3v) is 4.87. The van der Waals surface area contributed by atoms with Gasteiger partial charge in [0.25, 0.3) is 5.89 Å². The van der Waals surface area contributed by atoms with Crippen LogP contribution in [0.25, 0.3) is 45.1 Å². The largest absolute Gasteiger partial charge is 0.416 e. The molecule has 0 amide bonds.